The van der Waals surface area contributed by atoms with Crippen LogP contribution in [0.15, 0.2) is 47.1 Å². The van der Waals surface area contributed by atoms with Crippen molar-refractivity contribution >= 4 is 11.9 Å². The minimum absolute atomic E-state index is 0.136. The second kappa shape index (κ2) is 8.01. The molecule has 0 spiro atoms. The molecule has 0 amide bonds. The highest BCUT2D eigenvalue weighted by Crippen LogP contribution is 2.36. The number of ether oxygens (including phenoxy) is 2. The first kappa shape index (κ1) is 20.1. The Morgan fingerprint density at radius 2 is 2.00 bits per heavy atom. The Hall–Kier alpha value is -2.18. The van der Waals surface area contributed by atoms with Gasteiger partial charge in [0.1, 0.15) is 18.3 Å². The minimum atomic E-state index is -1.15. The number of fused-ring (bicyclic) bond motifs is 1. The van der Waals surface area contributed by atoms with Crippen molar-refractivity contribution in [3.63, 3.8) is 0 Å². The van der Waals surface area contributed by atoms with Gasteiger partial charge in [0.05, 0.1) is 12.0 Å². The normalized spacial score (nSPS) is 37.0. The molecule has 2 rings (SSSR count). The second-order valence-electron chi connectivity index (χ2n) is 6.82. The molecule has 0 unspecified atom stereocenters. The van der Waals surface area contributed by atoms with Gasteiger partial charge in [0.2, 0.25) is 0 Å². The highest BCUT2D eigenvalue weighted by atomic mass is 16.6. The number of carbonyl (C=O) groups excluding carboxylic acids is 2. The van der Waals surface area contributed by atoms with Crippen LogP contribution >= 0.6 is 0 Å². The average Bonchev–Trinajstić information content (AvgIpc) is 2.88. The minimum Gasteiger partial charge on any atom is -0.455 e. The van der Waals surface area contributed by atoms with Gasteiger partial charge in [-0.3, -0.25) is 0 Å². The van der Waals surface area contributed by atoms with Crippen LogP contribution in [0.4, 0.5) is 0 Å². The molecule has 0 saturated carbocycles. The molecule has 0 radical (unpaired) electrons. The quantitative estimate of drug-likeness (QED) is 0.443. The van der Waals surface area contributed by atoms with E-state index in [2.05, 4.69) is 6.58 Å². The number of aliphatic hydroxyl groups excluding tert-OH is 2. The fourth-order valence-electron chi connectivity index (χ4n) is 3.03. The SMILES string of the molecule is C=C1C(=O)O[C@@H]2/C=C(\C)[C@H](O)C/C=C(\C)[C@@H](O)[C@@H](OC(=O)/C(C)=C/C)[C@H]12. The molecule has 0 aromatic heterocycles. The highest BCUT2D eigenvalue weighted by Gasteiger charge is 2.47. The number of aliphatic hydroxyl groups is 2. The second-order valence-corrected chi connectivity index (χ2v) is 6.82. The zero-order valence-corrected chi connectivity index (χ0v) is 15.6. The molecule has 142 valence electrons. The third-order valence-corrected chi connectivity index (χ3v) is 5.01. The van der Waals surface area contributed by atoms with Crippen LogP contribution in [-0.4, -0.2) is 46.6 Å². The predicted molar refractivity (Wildman–Crippen MR) is 96.0 cm³/mol. The lowest BCUT2D eigenvalue weighted by atomic mass is 9.83. The molecule has 0 aromatic carbocycles. The van der Waals surface area contributed by atoms with Crippen molar-refractivity contribution in [1.82, 2.24) is 0 Å². The van der Waals surface area contributed by atoms with Crippen molar-refractivity contribution in [2.45, 2.75) is 58.5 Å². The largest absolute Gasteiger partial charge is 0.455 e. The molecule has 0 aromatic rings. The Morgan fingerprint density at radius 3 is 2.62 bits per heavy atom. The third kappa shape index (κ3) is 3.97. The first-order chi connectivity index (χ1) is 12.2. The van der Waals surface area contributed by atoms with E-state index in [9.17, 15) is 19.8 Å². The number of allylic oxidation sites excluding steroid dienone is 1. The van der Waals surface area contributed by atoms with Crippen molar-refractivity contribution in [1.29, 1.82) is 0 Å². The molecular weight excluding hydrogens is 336 g/mol. The standard InChI is InChI=1S/C20H26O6/c1-6-10(2)19(23)26-18-16-13(5)20(24)25-15(16)9-12(4)14(21)8-7-11(3)17(18)22/h6-7,9,14-18,21-22H,5,8H2,1-4H3/b10-6+,11-7+,12-9+/t14-,15-,16-,17-,18+/m1/s1. The Balaban J connectivity index is 2.51. The van der Waals surface area contributed by atoms with Crippen LogP contribution < -0.4 is 0 Å². The summed E-state index contributed by atoms with van der Waals surface area (Å²) in [5, 5.41) is 21.0. The van der Waals surface area contributed by atoms with Crippen LogP contribution in [0.3, 0.4) is 0 Å². The number of esters is 2. The molecule has 0 bridgehead atoms. The van der Waals surface area contributed by atoms with Gasteiger partial charge in [-0.05, 0) is 51.3 Å². The fourth-order valence-corrected chi connectivity index (χ4v) is 3.03. The summed E-state index contributed by atoms with van der Waals surface area (Å²) < 4.78 is 10.9. The van der Waals surface area contributed by atoms with Gasteiger partial charge in [-0.25, -0.2) is 9.59 Å². The first-order valence-electron chi connectivity index (χ1n) is 8.62. The molecule has 26 heavy (non-hydrogen) atoms. The Bertz CT molecular complexity index is 699. The van der Waals surface area contributed by atoms with E-state index in [4.69, 9.17) is 9.47 Å². The maximum Gasteiger partial charge on any atom is 0.334 e. The fraction of sp³-hybridized carbons (Fsp3) is 0.500. The summed E-state index contributed by atoms with van der Waals surface area (Å²) in [6, 6.07) is 0. The van der Waals surface area contributed by atoms with Crippen LogP contribution in [0.2, 0.25) is 0 Å². The monoisotopic (exact) mass is 362 g/mol. The average molecular weight is 362 g/mol. The Labute approximate surface area is 153 Å². The zero-order chi connectivity index (χ0) is 19.6. The molecule has 5 atom stereocenters. The zero-order valence-electron chi connectivity index (χ0n) is 15.6. The van der Waals surface area contributed by atoms with Crippen LogP contribution in [-0.2, 0) is 19.1 Å². The summed E-state index contributed by atoms with van der Waals surface area (Å²) >= 11 is 0. The molecule has 6 nitrogen and oxygen atoms in total. The highest BCUT2D eigenvalue weighted by molar-refractivity contribution is 5.92. The predicted octanol–water partition coefficient (Wildman–Crippen LogP) is 1.98. The van der Waals surface area contributed by atoms with E-state index in [1.807, 2.05) is 0 Å². The smallest absolute Gasteiger partial charge is 0.334 e. The molecule has 1 saturated heterocycles. The maximum absolute atomic E-state index is 12.3. The van der Waals surface area contributed by atoms with Crippen molar-refractivity contribution < 1.29 is 29.3 Å². The third-order valence-electron chi connectivity index (χ3n) is 5.01. The summed E-state index contributed by atoms with van der Waals surface area (Å²) in [6.07, 6.45) is 1.54. The lowest BCUT2D eigenvalue weighted by Crippen LogP contribution is -2.42. The van der Waals surface area contributed by atoms with Crippen LogP contribution in [0.1, 0.15) is 34.1 Å². The van der Waals surface area contributed by atoms with E-state index in [1.54, 1.807) is 45.9 Å². The van der Waals surface area contributed by atoms with Gasteiger partial charge in [0, 0.05) is 11.1 Å². The summed E-state index contributed by atoms with van der Waals surface area (Å²) in [5.41, 5.74) is 1.71. The molecule has 1 aliphatic heterocycles. The van der Waals surface area contributed by atoms with Crippen LogP contribution in [0, 0.1) is 5.92 Å². The van der Waals surface area contributed by atoms with E-state index in [0.717, 1.165) is 0 Å². The summed E-state index contributed by atoms with van der Waals surface area (Å²) in [7, 11) is 0. The molecule has 1 heterocycles. The maximum atomic E-state index is 12.3. The molecule has 2 aliphatic rings. The van der Waals surface area contributed by atoms with Gasteiger partial charge in [-0.15, -0.1) is 0 Å². The number of rotatable bonds is 2. The Morgan fingerprint density at radius 1 is 1.35 bits per heavy atom. The lowest BCUT2D eigenvalue weighted by Gasteiger charge is -2.31. The van der Waals surface area contributed by atoms with Gasteiger partial charge in [0.25, 0.3) is 0 Å². The Kier molecular flexibility index (Phi) is 6.21. The molecule has 1 fully saturated rings. The van der Waals surface area contributed by atoms with Gasteiger partial charge in [-0.2, -0.15) is 0 Å². The summed E-state index contributed by atoms with van der Waals surface area (Å²) in [5.74, 6) is -1.92. The van der Waals surface area contributed by atoms with Gasteiger partial charge >= 0.3 is 11.9 Å². The van der Waals surface area contributed by atoms with Crippen LogP contribution in [0.25, 0.3) is 0 Å². The number of hydrogen-bond donors (Lipinski definition) is 2. The topological polar surface area (TPSA) is 93.1 Å². The van der Waals surface area contributed by atoms with Gasteiger partial charge in [0.15, 0.2) is 0 Å². The van der Waals surface area contributed by atoms with Crippen molar-refractivity contribution in [2.75, 3.05) is 0 Å². The van der Waals surface area contributed by atoms with E-state index in [-0.39, 0.29) is 5.57 Å². The molecular formula is C20H26O6. The first-order valence-corrected chi connectivity index (χ1v) is 8.62. The molecule has 6 heteroatoms. The van der Waals surface area contributed by atoms with Crippen molar-refractivity contribution in [3.8, 4) is 0 Å². The lowest BCUT2D eigenvalue weighted by molar-refractivity contribution is -0.153. The van der Waals surface area contributed by atoms with Crippen molar-refractivity contribution in [2.24, 2.45) is 5.92 Å². The molecule has 2 N–H and O–H groups in total. The van der Waals surface area contributed by atoms with E-state index in [1.165, 1.54) is 0 Å². The van der Waals surface area contributed by atoms with Gasteiger partial charge in [-0.1, -0.05) is 18.7 Å². The summed E-state index contributed by atoms with van der Waals surface area (Å²) in [6.45, 7) is 10.5. The van der Waals surface area contributed by atoms with E-state index >= 15 is 0 Å². The molecule has 1 aliphatic carbocycles. The number of carbonyl (C=O) groups is 2. The summed E-state index contributed by atoms with van der Waals surface area (Å²) in [4.78, 5) is 24.4. The van der Waals surface area contributed by atoms with Crippen LogP contribution in [0.5, 0.6) is 0 Å². The van der Waals surface area contributed by atoms with Crippen molar-refractivity contribution in [3.05, 3.63) is 47.1 Å². The van der Waals surface area contributed by atoms with Gasteiger partial charge < -0.3 is 19.7 Å². The van der Waals surface area contributed by atoms with E-state index in [0.29, 0.717) is 23.1 Å². The van der Waals surface area contributed by atoms with E-state index < -0.39 is 42.3 Å². The number of hydrogen-bond acceptors (Lipinski definition) is 6.